The van der Waals surface area contributed by atoms with Crippen molar-refractivity contribution in [3.05, 3.63) is 32.4 Å². The summed E-state index contributed by atoms with van der Waals surface area (Å²) in [5.74, 6) is 0.0288. The SMILES string of the molecule is CN(Cc1cc(Br)cs1)S(=O)(=O)c1c(N)nc2sccn12. The first-order valence-electron chi connectivity index (χ1n) is 5.80. The highest BCUT2D eigenvalue weighted by molar-refractivity contribution is 9.10. The molecule has 10 heteroatoms. The molecule has 21 heavy (non-hydrogen) atoms. The smallest absolute Gasteiger partial charge is 0.262 e. The Labute approximate surface area is 138 Å². The van der Waals surface area contributed by atoms with Crippen molar-refractivity contribution in [1.82, 2.24) is 13.7 Å². The summed E-state index contributed by atoms with van der Waals surface area (Å²) in [7, 11) is -2.17. The molecule has 0 unspecified atom stereocenters. The molecule has 0 aromatic carbocycles. The molecular weight excluding hydrogens is 396 g/mol. The average molecular weight is 407 g/mol. The second-order valence-corrected chi connectivity index (χ2v) is 9.09. The zero-order chi connectivity index (χ0) is 15.2. The zero-order valence-corrected chi connectivity index (χ0v) is 14.9. The van der Waals surface area contributed by atoms with Gasteiger partial charge >= 0.3 is 0 Å². The molecule has 0 fully saturated rings. The van der Waals surface area contributed by atoms with Crippen molar-refractivity contribution in [2.45, 2.75) is 11.6 Å². The zero-order valence-electron chi connectivity index (χ0n) is 10.9. The molecule has 3 heterocycles. The van der Waals surface area contributed by atoms with Gasteiger partial charge in [0.05, 0.1) is 0 Å². The van der Waals surface area contributed by atoms with Gasteiger partial charge in [0, 0.05) is 39.9 Å². The van der Waals surface area contributed by atoms with E-state index in [1.807, 2.05) is 11.4 Å². The lowest BCUT2D eigenvalue weighted by Crippen LogP contribution is -2.27. The number of thiazole rings is 1. The van der Waals surface area contributed by atoms with Gasteiger partial charge in [-0.05, 0) is 22.0 Å². The average Bonchev–Trinajstić information content (AvgIpc) is 3.05. The molecule has 0 bridgehead atoms. The van der Waals surface area contributed by atoms with Gasteiger partial charge in [0.1, 0.15) is 0 Å². The van der Waals surface area contributed by atoms with Crippen molar-refractivity contribution in [3.8, 4) is 0 Å². The molecule has 112 valence electrons. The maximum Gasteiger partial charge on any atom is 0.262 e. The Balaban J connectivity index is 1.99. The lowest BCUT2D eigenvalue weighted by molar-refractivity contribution is 0.466. The van der Waals surface area contributed by atoms with E-state index in [1.54, 1.807) is 11.6 Å². The van der Waals surface area contributed by atoms with E-state index in [0.29, 0.717) is 4.96 Å². The van der Waals surface area contributed by atoms with Crippen LogP contribution in [0.1, 0.15) is 4.88 Å². The van der Waals surface area contributed by atoms with Crippen LogP contribution >= 0.6 is 38.6 Å². The molecule has 0 aliphatic rings. The molecule has 3 rings (SSSR count). The van der Waals surface area contributed by atoms with E-state index in [-0.39, 0.29) is 17.4 Å². The Morgan fingerprint density at radius 3 is 2.90 bits per heavy atom. The fraction of sp³-hybridized carbons (Fsp3) is 0.182. The second-order valence-electron chi connectivity index (χ2n) is 4.35. The quantitative estimate of drug-likeness (QED) is 0.721. The molecule has 0 amide bonds. The highest BCUT2D eigenvalue weighted by Gasteiger charge is 2.29. The number of hydrogen-bond donors (Lipinski definition) is 1. The number of nitrogen functional groups attached to an aromatic ring is 1. The monoisotopic (exact) mass is 406 g/mol. The molecule has 0 spiro atoms. The predicted octanol–water partition coefficient (Wildman–Crippen LogP) is 2.62. The number of aromatic nitrogens is 2. The van der Waals surface area contributed by atoms with E-state index in [1.165, 1.54) is 38.4 Å². The second kappa shape index (κ2) is 5.36. The molecule has 3 aromatic heterocycles. The van der Waals surface area contributed by atoms with Gasteiger partial charge in [0.25, 0.3) is 10.0 Å². The van der Waals surface area contributed by atoms with Crippen molar-refractivity contribution in [3.63, 3.8) is 0 Å². The van der Waals surface area contributed by atoms with Gasteiger partial charge in [-0.15, -0.1) is 22.7 Å². The number of hydrogen-bond acceptors (Lipinski definition) is 6. The van der Waals surface area contributed by atoms with Gasteiger partial charge in [-0.2, -0.15) is 4.31 Å². The molecule has 0 saturated carbocycles. The summed E-state index contributed by atoms with van der Waals surface area (Å²) in [6.45, 7) is 0.287. The van der Waals surface area contributed by atoms with E-state index in [9.17, 15) is 8.42 Å². The van der Waals surface area contributed by atoms with Crippen LogP contribution in [0.25, 0.3) is 4.96 Å². The van der Waals surface area contributed by atoms with Crippen molar-refractivity contribution in [2.24, 2.45) is 0 Å². The number of nitrogens with two attached hydrogens (primary N) is 1. The van der Waals surface area contributed by atoms with Gasteiger partial charge in [-0.1, -0.05) is 0 Å². The third kappa shape index (κ3) is 2.61. The molecule has 6 nitrogen and oxygen atoms in total. The van der Waals surface area contributed by atoms with Crippen LogP contribution < -0.4 is 5.73 Å². The molecular formula is C11H11BrN4O2S3. The molecule has 3 aromatic rings. The molecule has 0 saturated heterocycles. The fourth-order valence-corrected chi connectivity index (χ4v) is 5.60. The van der Waals surface area contributed by atoms with Crippen LogP contribution in [0.2, 0.25) is 0 Å². The molecule has 0 aliphatic heterocycles. The Morgan fingerprint density at radius 1 is 1.48 bits per heavy atom. The van der Waals surface area contributed by atoms with Crippen molar-refractivity contribution in [2.75, 3.05) is 12.8 Å². The molecule has 0 atom stereocenters. The summed E-state index contributed by atoms with van der Waals surface area (Å²) in [6, 6.07) is 1.90. The van der Waals surface area contributed by atoms with E-state index in [4.69, 9.17) is 5.73 Å². The Morgan fingerprint density at radius 2 is 2.24 bits per heavy atom. The normalized spacial score (nSPS) is 12.5. The largest absolute Gasteiger partial charge is 0.381 e. The predicted molar refractivity (Wildman–Crippen MR) is 88.2 cm³/mol. The van der Waals surface area contributed by atoms with Gasteiger partial charge in [0.2, 0.25) is 0 Å². The number of anilines is 1. The fourth-order valence-electron chi connectivity index (χ4n) is 1.93. The number of sulfonamides is 1. The summed E-state index contributed by atoms with van der Waals surface area (Å²) >= 11 is 6.20. The Bertz CT molecular complexity index is 896. The van der Waals surface area contributed by atoms with Crippen LogP contribution in [0.15, 0.2) is 32.5 Å². The van der Waals surface area contributed by atoms with E-state index in [2.05, 4.69) is 20.9 Å². The number of fused-ring (bicyclic) bond motifs is 1. The first-order valence-corrected chi connectivity index (χ1v) is 9.79. The first-order chi connectivity index (χ1) is 9.89. The van der Waals surface area contributed by atoms with E-state index >= 15 is 0 Å². The number of rotatable bonds is 4. The topological polar surface area (TPSA) is 80.7 Å². The summed E-state index contributed by atoms with van der Waals surface area (Å²) < 4.78 is 29.2. The maximum absolute atomic E-state index is 12.7. The van der Waals surface area contributed by atoms with E-state index < -0.39 is 10.0 Å². The van der Waals surface area contributed by atoms with Crippen LogP contribution in [-0.4, -0.2) is 29.2 Å². The molecule has 2 N–H and O–H groups in total. The summed E-state index contributed by atoms with van der Waals surface area (Å²) in [6.07, 6.45) is 1.66. The number of imidazole rings is 1. The van der Waals surface area contributed by atoms with Crippen molar-refractivity contribution < 1.29 is 8.42 Å². The van der Waals surface area contributed by atoms with E-state index in [0.717, 1.165) is 9.35 Å². The van der Waals surface area contributed by atoms with Crippen LogP contribution in [0.5, 0.6) is 0 Å². The maximum atomic E-state index is 12.7. The van der Waals surface area contributed by atoms with Crippen LogP contribution in [0, 0.1) is 0 Å². The minimum atomic E-state index is -3.70. The minimum absolute atomic E-state index is 0.0249. The summed E-state index contributed by atoms with van der Waals surface area (Å²) in [5, 5.41) is 3.72. The minimum Gasteiger partial charge on any atom is -0.381 e. The molecule has 0 aliphatic carbocycles. The highest BCUT2D eigenvalue weighted by atomic mass is 79.9. The van der Waals surface area contributed by atoms with Crippen molar-refractivity contribution in [1.29, 1.82) is 0 Å². The van der Waals surface area contributed by atoms with Gasteiger partial charge in [-0.25, -0.2) is 13.4 Å². The lowest BCUT2D eigenvalue weighted by Gasteiger charge is -2.15. The van der Waals surface area contributed by atoms with Crippen LogP contribution in [-0.2, 0) is 16.6 Å². The molecule has 0 radical (unpaired) electrons. The van der Waals surface area contributed by atoms with Crippen LogP contribution in [0.3, 0.4) is 0 Å². The van der Waals surface area contributed by atoms with Gasteiger partial charge in [0.15, 0.2) is 15.8 Å². The number of halogens is 1. The van der Waals surface area contributed by atoms with Gasteiger partial charge < -0.3 is 5.73 Å². The summed E-state index contributed by atoms with van der Waals surface area (Å²) in [5.41, 5.74) is 5.78. The lowest BCUT2D eigenvalue weighted by atomic mass is 10.5. The van der Waals surface area contributed by atoms with Crippen LogP contribution in [0.4, 0.5) is 5.82 Å². The Hall–Kier alpha value is -0.940. The highest BCUT2D eigenvalue weighted by Crippen LogP contribution is 2.28. The first kappa shape index (κ1) is 15.0. The third-order valence-corrected chi connectivity index (χ3v) is 7.18. The summed E-state index contributed by atoms with van der Waals surface area (Å²) in [4.78, 5) is 5.59. The number of thiophene rings is 1. The standard InChI is InChI=1S/C11H11BrN4O2S3/c1-15(5-8-4-7(12)6-20-8)21(17,18)10-9(13)14-11-16(10)2-3-19-11/h2-4,6H,5,13H2,1H3. The van der Waals surface area contributed by atoms with Crippen molar-refractivity contribution >= 4 is 59.4 Å². The third-order valence-electron chi connectivity index (χ3n) is 2.90. The number of nitrogens with zero attached hydrogens (tertiary/aromatic N) is 3. The Kier molecular flexibility index (Phi) is 3.82. The van der Waals surface area contributed by atoms with Gasteiger partial charge in [-0.3, -0.25) is 4.40 Å².